The van der Waals surface area contributed by atoms with E-state index in [9.17, 15) is 8.42 Å². The summed E-state index contributed by atoms with van der Waals surface area (Å²) in [6.07, 6.45) is 0. The summed E-state index contributed by atoms with van der Waals surface area (Å²) in [6.45, 7) is 7.70. The molecular weight excluding hydrogens is 296 g/mol. The maximum Gasteiger partial charge on any atom is 0.276 e. The van der Waals surface area contributed by atoms with Gasteiger partial charge in [0.1, 0.15) is 0 Å². The molecule has 0 radical (unpaired) electrons. The predicted octanol–water partition coefficient (Wildman–Crippen LogP) is 3.31. The highest BCUT2D eigenvalue weighted by molar-refractivity contribution is 7.89. The number of hydrogen-bond acceptors (Lipinski definition) is 3. The van der Waals surface area contributed by atoms with Crippen LogP contribution >= 0.6 is 0 Å². The molecule has 1 N–H and O–H groups in total. The van der Waals surface area contributed by atoms with Crippen LogP contribution in [0.5, 0.6) is 0 Å². The van der Waals surface area contributed by atoms with Gasteiger partial charge in [0, 0.05) is 5.56 Å². The van der Waals surface area contributed by atoms with Crippen molar-refractivity contribution >= 4 is 15.7 Å². The Labute approximate surface area is 131 Å². The van der Waals surface area contributed by atoms with E-state index in [1.165, 1.54) is 0 Å². The van der Waals surface area contributed by atoms with Crippen molar-refractivity contribution in [2.24, 2.45) is 5.10 Å². The number of hydrogen-bond donors (Lipinski definition) is 1. The smallest absolute Gasteiger partial charge is 0.200 e. The van der Waals surface area contributed by atoms with E-state index in [0.29, 0.717) is 5.71 Å². The van der Waals surface area contributed by atoms with Crippen LogP contribution in [-0.4, -0.2) is 14.1 Å². The first-order valence-corrected chi connectivity index (χ1v) is 8.48. The molecule has 0 aliphatic rings. The maximum absolute atomic E-state index is 12.2. The summed E-state index contributed by atoms with van der Waals surface area (Å²) in [5, 5.41) is 4.03. The van der Waals surface area contributed by atoms with Crippen molar-refractivity contribution < 1.29 is 8.42 Å². The van der Waals surface area contributed by atoms with Gasteiger partial charge < -0.3 is 0 Å². The number of nitrogens with zero attached hydrogens (tertiary/aromatic N) is 1. The third-order valence-corrected chi connectivity index (χ3v) is 4.66. The summed E-state index contributed by atoms with van der Waals surface area (Å²) in [4.78, 5) is 2.50. The highest BCUT2D eigenvalue weighted by atomic mass is 32.2. The molecule has 4 nitrogen and oxygen atoms in total. The van der Waals surface area contributed by atoms with Gasteiger partial charge in [0.25, 0.3) is 10.0 Å². The fourth-order valence-electron chi connectivity index (χ4n) is 2.18. The van der Waals surface area contributed by atoms with Crippen molar-refractivity contribution in [2.45, 2.75) is 32.6 Å². The average molecular weight is 316 g/mol. The summed E-state index contributed by atoms with van der Waals surface area (Å²) in [7, 11) is -3.64. The first-order valence-electron chi connectivity index (χ1n) is 7.00. The van der Waals surface area contributed by atoms with Crippen molar-refractivity contribution in [2.75, 3.05) is 0 Å². The molecule has 5 heteroatoms. The predicted molar refractivity (Wildman–Crippen MR) is 89.6 cm³/mol. The molecule has 0 saturated carbocycles. The van der Waals surface area contributed by atoms with Crippen LogP contribution in [0, 0.1) is 20.8 Å². The summed E-state index contributed by atoms with van der Waals surface area (Å²) in [5.74, 6) is 0. The van der Waals surface area contributed by atoms with Gasteiger partial charge in [-0.25, -0.2) is 0 Å². The highest BCUT2D eigenvalue weighted by Gasteiger charge is 2.13. The number of aryl methyl sites for hydroxylation is 3. The molecular formula is C17H20N2O2S. The van der Waals surface area contributed by atoms with Gasteiger partial charge in [-0.2, -0.15) is 18.4 Å². The molecule has 0 fully saturated rings. The minimum absolute atomic E-state index is 0.204. The van der Waals surface area contributed by atoms with Crippen molar-refractivity contribution in [3.05, 3.63) is 64.7 Å². The maximum atomic E-state index is 12.2. The van der Waals surface area contributed by atoms with Crippen LogP contribution < -0.4 is 4.83 Å². The Hall–Kier alpha value is -2.14. The number of benzene rings is 2. The second-order valence-electron chi connectivity index (χ2n) is 5.42. The quantitative estimate of drug-likeness (QED) is 0.695. The van der Waals surface area contributed by atoms with Crippen LogP contribution in [0.2, 0.25) is 0 Å². The zero-order valence-electron chi connectivity index (χ0n) is 13.2. The van der Waals surface area contributed by atoms with E-state index in [1.54, 1.807) is 31.2 Å². The Kier molecular flexibility index (Phi) is 4.66. The van der Waals surface area contributed by atoms with E-state index >= 15 is 0 Å². The van der Waals surface area contributed by atoms with Crippen LogP contribution in [0.1, 0.15) is 29.2 Å². The average Bonchev–Trinajstić information content (AvgIpc) is 2.45. The molecule has 116 valence electrons. The normalized spacial score (nSPS) is 12.3. The van der Waals surface area contributed by atoms with E-state index in [1.807, 2.05) is 39.0 Å². The Bertz CT molecular complexity index is 807. The van der Waals surface area contributed by atoms with Gasteiger partial charge in [-0.05, 0) is 45.4 Å². The molecule has 0 aliphatic carbocycles. The fourth-order valence-corrected chi connectivity index (χ4v) is 3.04. The lowest BCUT2D eigenvalue weighted by Crippen LogP contribution is -2.20. The topological polar surface area (TPSA) is 58.5 Å². The third-order valence-electron chi connectivity index (χ3n) is 3.44. The monoisotopic (exact) mass is 316 g/mol. The number of nitrogens with one attached hydrogen (secondary N) is 1. The van der Waals surface area contributed by atoms with Gasteiger partial charge in [-0.3, -0.25) is 0 Å². The third kappa shape index (κ3) is 3.74. The lowest BCUT2D eigenvalue weighted by molar-refractivity contribution is 0.584. The lowest BCUT2D eigenvalue weighted by atomic mass is 10.0. The second kappa shape index (κ2) is 6.32. The molecule has 0 aromatic heterocycles. The van der Waals surface area contributed by atoms with Crippen LogP contribution in [0.3, 0.4) is 0 Å². The van der Waals surface area contributed by atoms with Crippen LogP contribution in [0.25, 0.3) is 0 Å². The van der Waals surface area contributed by atoms with Crippen molar-refractivity contribution in [3.63, 3.8) is 0 Å². The summed E-state index contributed by atoms with van der Waals surface area (Å²) < 4.78 is 24.4. The minimum Gasteiger partial charge on any atom is -0.200 e. The van der Waals surface area contributed by atoms with Crippen LogP contribution in [-0.2, 0) is 10.0 Å². The molecule has 0 amide bonds. The summed E-state index contributed by atoms with van der Waals surface area (Å²) in [6, 6.07) is 12.6. The van der Waals surface area contributed by atoms with Crippen molar-refractivity contribution in [3.8, 4) is 0 Å². The molecule has 0 saturated heterocycles. The SMILES string of the molecule is C/C(=N\NS(=O)(=O)c1ccc(C)cc1)c1ccc(C)cc1C. The van der Waals surface area contributed by atoms with Gasteiger partial charge in [0.05, 0.1) is 10.6 Å². The molecule has 2 aromatic carbocycles. The molecule has 0 spiro atoms. The Balaban J connectivity index is 2.24. The standard InChI is InChI=1S/C17H20N2O2S/c1-12-5-8-16(9-6-12)22(20,21)19-18-15(4)17-10-7-13(2)11-14(17)3/h5-11,19H,1-4H3/b18-15+. The number of rotatable bonds is 4. The summed E-state index contributed by atoms with van der Waals surface area (Å²) >= 11 is 0. The number of hydrazone groups is 1. The van der Waals surface area contributed by atoms with E-state index < -0.39 is 10.0 Å². The molecule has 0 bridgehead atoms. The molecule has 2 aromatic rings. The van der Waals surface area contributed by atoms with E-state index in [4.69, 9.17) is 0 Å². The number of sulfonamides is 1. The van der Waals surface area contributed by atoms with E-state index in [-0.39, 0.29) is 4.90 Å². The largest absolute Gasteiger partial charge is 0.276 e. The van der Waals surface area contributed by atoms with Crippen molar-refractivity contribution in [1.82, 2.24) is 4.83 Å². The first kappa shape index (κ1) is 16.2. The lowest BCUT2D eigenvalue weighted by Gasteiger charge is -2.08. The molecule has 0 atom stereocenters. The summed E-state index contributed by atoms with van der Waals surface area (Å²) in [5.41, 5.74) is 4.80. The molecule has 0 heterocycles. The van der Waals surface area contributed by atoms with Crippen molar-refractivity contribution in [1.29, 1.82) is 0 Å². The second-order valence-corrected chi connectivity index (χ2v) is 7.08. The molecule has 0 unspecified atom stereocenters. The Morgan fingerprint density at radius 2 is 1.55 bits per heavy atom. The Morgan fingerprint density at radius 3 is 2.14 bits per heavy atom. The minimum atomic E-state index is -3.64. The highest BCUT2D eigenvalue weighted by Crippen LogP contribution is 2.13. The zero-order valence-corrected chi connectivity index (χ0v) is 14.0. The van der Waals surface area contributed by atoms with E-state index in [0.717, 1.165) is 22.3 Å². The van der Waals surface area contributed by atoms with Gasteiger partial charge in [0.15, 0.2) is 0 Å². The molecule has 22 heavy (non-hydrogen) atoms. The van der Waals surface area contributed by atoms with E-state index in [2.05, 4.69) is 9.93 Å². The van der Waals surface area contributed by atoms with Gasteiger partial charge in [-0.15, -0.1) is 0 Å². The van der Waals surface area contributed by atoms with Crippen LogP contribution in [0.4, 0.5) is 0 Å². The molecule has 2 rings (SSSR count). The van der Waals surface area contributed by atoms with Gasteiger partial charge in [-0.1, -0.05) is 41.5 Å². The molecule has 0 aliphatic heterocycles. The zero-order chi connectivity index (χ0) is 16.3. The fraction of sp³-hybridized carbons (Fsp3) is 0.235. The van der Waals surface area contributed by atoms with Crippen LogP contribution in [0.15, 0.2) is 52.5 Å². The Morgan fingerprint density at radius 1 is 0.955 bits per heavy atom. The van der Waals surface area contributed by atoms with Gasteiger partial charge >= 0.3 is 0 Å². The first-order chi connectivity index (χ1) is 10.3. The van der Waals surface area contributed by atoms with Gasteiger partial charge in [0.2, 0.25) is 0 Å².